The number of aliphatic imine (C=N–C) groups is 1. The molecule has 1 saturated heterocycles. The molecule has 1 atom stereocenters. The molecule has 0 spiro atoms. The number of amides is 1. The molecule has 1 amide bonds. The lowest BCUT2D eigenvalue weighted by atomic mass is 10.2. The Balaban J connectivity index is 1.52. The van der Waals surface area contributed by atoms with Crippen molar-refractivity contribution in [2.45, 2.75) is 18.9 Å². The van der Waals surface area contributed by atoms with Gasteiger partial charge in [-0.2, -0.15) is 0 Å². The second-order valence-corrected chi connectivity index (χ2v) is 6.89. The first-order chi connectivity index (χ1) is 14.6. The van der Waals surface area contributed by atoms with Crippen LogP contribution in [0, 0.1) is 11.6 Å². The summed E-state index contributed by atoms with van der Waals surface area (Å²) in [6, 6.07) is 8.20. The predicted octanol–water partition coefficient (Wildman–Crippen LogP) is 3.11. The van der Waals surface area contributed by atoms with Gasteiger partial charge in [0.15, 0.2) is 23.1 Å². The van der Waals surface area contributed by atoms with Gasteiger partial charge in [-0.05, 0) is 43.2 Å². The summed E-state index contributed by atoms with van der Waals surface area (Å²) in [6.45, 7) is 1.97. The highest BCUT2D eigenvalue weighted by Gasteiger charge is 2.18. The molecule has 2 aliphatic heterocycles. The maximum Gasteiger partial charge on any atom is 0.258 e. The number of nitrogens with zero attached hydrogens (tertiary/aromatic N) is 1. The third kappa shape index (κ3) is 4.85. The van der Waals surface area contributed by atoms with Crippen molar-refractivity contribution in [1.82, 2.24) is 5.32 Å². The van der Waals surface area contributed by atoms with E-state index in [1.165, 1.54) is 6.07 Å². The average Bonchev–Trinajstić information content (AvgIpc) is 3.27. The van der Waals surface area contributed by atoms with Crippen molar-refractivity contribution in [3.05, 3.63) is 53.6 Å². The number of carbonyl (C=O) groups excluding carboxylic acids is 1. The van der Waals surface area contributed by atoms with E-state index in [1.54, 1.807) is 18.2 Å². The number of rotatable bonds is 4. The zero-order chi connectivity index (χ0) is 20.9. The zero-order valence-corrected chi connectivity index (χ0v) is 16.1. The van der Waals surface area contributed by atoms with Gasteiger partial charge in [0.2, 0.25) is 5.96 Å². The van der Waals surface area contributed by atoms with Gasteiger partial charge in [-0.3, -0.25) is 10.1 Å². The molecule has 1 fully saturated rings. The van der Waals surface area contributed by atoms with E-state index in [4.69, 9.17) is 14.2 Å². The zero-order valence-electron chi connectivity index (χ0n) is 16.1. The topological polar surface area (TPSA) is 81.2 Å². The van der Waals surface area contributed by atoms with Crippen molar-refractivity contribution in [3.8, 4) is 11.5 Å². The number of guanidine groups is 1. The Bertz CT molecular complexity index is 961. The lowest BCUT2D eigenvalue weighted by Gasteiger charge is -2.19. The molecule has 2 heterocycles. The van der Waals surface area contributed by atoms with Crippen molar-refractivity contribution in [1.29, 1.82) is 0 Å². The van der Waals surface area contributed by atoms with E-state index < -0.39 is 17.5 Å². The van der Waals surface area contributed by atoms with Crippen LogP contribution >= 0.6 is 0 Å². The highest BCUT2D eigenvalue weighted by Crippen LogP contribution is 2.32. The van der Waals surface area contributed by atoms with Gasteiger partial charge >= 0.3 is 0 Å². The van der Waals surface area contributed by atoms with Crippen LogP contribution in [-0.4, -0.2) is 44.3 Å². The summed E-state index contributed by atoms with van der Waals surface area (Å²) >= 11 is 0. The largest absolute Gasteiger partial charge is 0.486 e. The minimum atomic E-state index is -1.10. The number of ether oxygens (including phenoxy) is 3. The minimum Gasteiger partial charge on any atom is -0.486 e. The number of nitrogens with one attached hydrogen (secondary N) is 2. The number of hydrogen-bond donors (Lipinski definition) is 2. The fourth-order valence-corrected chi connectivity index (χ4v) is 3.17. The van der Waals surface area contributed by atoms with Crippen LogP contribution in [-0.2, 0) is 4.74 Å². The van der Waals surface area contributed by atoms with Crippen molar-refractivity contribution in [3.63, 3.8) is 0 Å². The molecule has 0 aromatic heterocycles. The average molecular weight is 417 g/mol. The first kappa shape index (κ1) is 20.1. The second kappa shape index (κ2) is 9.08. The molecule has 9 heteroatoms. The van der Waals surface area contributed by atoms with Crippen molar-refractivity contribution >= 4 is 17.6 Å². The van der Waals surface area contributed by atoms with E-state index in [9.17, 15) is 13.6 Å². The first-order valence-electron chi connectivity index (χ1n) is 9.67. The van der Waals surface area contributed by atoms with Crippen LogP contribution in [0.2, 0.25) is 0 Å². The monoisotopic (exact) mass is 417 g/mol. The van der Waals surface area contributed by atoms with Gasteiger partial charge in [0.1, 0.15) is 13.2 Å². The highest BCUT2D eigenvalue weighted by atomic mass is 19.2. The summed E-state index contributed by atoms with van der Waals surface area (Å²) in [5.41, 5.74) is 0.596. The normalized spacial score (nSPS) is 18.2. The van der Waals surface area contributed by atoms with E-state index >= 15 is 0 Å². The van der Waals surface area contributed by atoms with Gasteiger partial charge in [-0.15, -0.1) is 0 Å². The van der Waals surface area contributed by atoms with E-state index in [1.807, 2.05) is 0 Å². The number of halogens is 2. The Kier molecular flexibility index (Phi) is 6.08. The first-order valence-corrected chi connectivity index (χ1v) is 9.67. The molecule has 7 nitrogen and oxygen atoms in total. The molecule has 158 valence electrons. The Labute approximate surface area is 172 Å². The summed E-state index contributed by atoms with van der Waals surface area (Å²) in [5, 5.41) is 5.65. The fourth-order valence-electron chi connectivity index (χ4n) is 3.17. The SMILES string of the molecule is O=C(NC(=NC[C@@H]1CCCO1)Nc1ccc2c(c1)OCCO2)c1ccc(F)c(F)c1. The molecule has 4 rings (SSSR count). The van der Waals surface area contributed by atoms with Gasteiger partial charge in [-0.25, -0.2) is 13.8 Å². The van der Waals surface area contributed by atoms with Gasteiger partial charge in [0.25, 0.3) is 5.91 Å². The van der Waals surface area contributed by atoms with Gasteiger partial charge in [0, 0.05) is 23.9 Å². The number of anilines is 1. The molecular formula is C21H21F2N3O4. The highest BCUT2D eigenvalue weighted by molar-refractivity contribution is 6.10. The lowest BCUT2D eigenvalue weighted by Crippen LogP contribution is -2.37. The molecule has 0 bridgehead atoms. The van der Waals surface area contributed by atoms with E-state index in [0.29, 0.717) is 43.6 Å². The van der Waals surface area contributed by atoms with Gasteiger partial charge < -0.3 is 19.5 Å². The Hall–Kier alpha value is -3.20. The Morgan fingerprint density at radius 1 is 1.03 bits per heavy atom. The number of hydrogen-bond acceptors (Lipinski definition) is 5. The van der Waals surface area contributed by atoms with Crippen LogP contribution in [0.1, 0.15) is 23.2 Å². The number of fused-ring (bicyclic) bond motifs is 1. The Morgan fingerprint density at radius 3 is 2.63 bits per heavy atom. The van der Waals surface area contributed by atoms with Crippen LogP contribution in [0.5, 0.6) is 11.5 Å². The summed E-state index contributed by atoms with van der Waals surface area (Å²) < 4.78 is 43.3. The molecule has 0 unspecified atom stereocenters. The number of carbonyl (C=O) groups is 1. The third-order valence-corrected chi connectivity index (χ3v) is 4.70. The van der Waals surface area contributed by atoms with Crippen LogP contribution in [0.15, 0.2) is 41.4 Å². The molecule has 2 N–H and O–H groups in total. The van der Waals surface area contributed by atoms with Gasteiger partial charge in [0.05, 0.1) is 12.6 Å². The Morgan fingerprint density at radius 2 is 1.87 bits per heavy atom. The van der Waals surface area contributed by atoms with E-state index in [0.717, 1.165) is 25.0 Å². The standard InChI is InChI=1S/C21H21F2N3O4/c22-16-5-3-13(10-17(16)23)20(27)26-21(24-12-15-2-1-7-28-15)25-14-4-6-18-19(11-14)30-9-8-29-18/h3-6,10-11,15H,1-2,7-9,12H2,(H2,24,25,26,27)/t15-/m0/s1. The molecule has 0 saturated carbocycles. The summed E-state index contributed by atoms with van der Waals surface area (Å²) in [4.78, 5) is 17.0. The van der Waals surface area contributed by atoms with Crippen LogP contribution < -0.4 is 20.1 Å². The molecule has 2 aromatic rings. The van der Waals surface area contributed by atoms with Crippen molar-refractivity contribution in [2.75, 3.05) is 31.7 Å². The predicted molar refractivity (Wildman–Crippen MR) is 106 cm³/mol. The summed E-state index contributed by atoms with van der Waals surface area (Å²) in [7, 11) is 0. The quantitative estimate of drug-likeness (QED) is 0.590. The lowest BCUT2D eigenvalue weighted by molar-refractivity contribution is 0.0975. The fraction of sp³-hybridized carbons (Fsp3) is 0.333. The molecule has 0 aliphatic carbocycles. The smallest absolute Gasteiger partial charge is 0.258 e. The molecule has 2 aliphatic rings. The third-order valence-electron chi connectivity index (χ3n) is 4.70. The second-order valence-electron chi connectivity index (χ2n) is 6.89. The molecule has 0 radical (unpaired) electrons. The van der Waals surface area contributed by atoms with Crippen LogP contribution in [0.25, 0.3) is 0 Å². The summed E-state index contributed by atoms with van der Waals surface area (Å²) in [6.07, 6.45) is 1.83. The summed E-state index contributed by atoms with van der Waals surface area (Å²) in [5.74, 6) is -1.36. The molecular weight excluding hydrogens is 396 g/mol. The van der Waals surface area contributed by atoms with E-state index in [2.05, 4.69) is 15.6 Å². The van der Waals surface area contributed by atoms with Gasteiger partial charge in [-0.1, -0.05) is 0 Å². The molecule has 2 aromatic carbocycles. The maximum atomic E-state index is 13.5. The van der Waals surface area contributed by atoms with Crippen molar-refractivity contribution in [2.24, 2.45) is 4.99 Å². The van der Waals surface area contributed by atoms with Crippen LogP contribution in [0.3, 0.4) is 0 Å². The molecule has 30 heavy (non-hydrogen) atoms. The number of benzene rings is 2. The maximum absolute atomic E-state index is 13.5. The minimum absolute atomic E-state index is 0.0253. The van der Waals surface area contributed by atoms with Crippen LogP contribution in [0.4, 0.5) is 14.5 Å². The van der Waals surface area contributed by atoms with E-state index in [-0.39, 0.29) is 17.6 Å². The van der Waals surface area contributed by atoms with Crippen molar-refractivity contribution < 1.29 is 27.8 Å².